The van der Waals surface area contributed by atoms with Gasteiger partial charge in [0.2, 0.25) is 0 Å². The van der Waals surface area contributed by atoms with Crippen LogP contribution in [0.2, 0.25) is 0 Å². The quantitative estimate of drug-likeness (QED) is 0.503. The first-order chi connectivity index (χ1) is 6.85. The van der Waals surface area contributed by atoms with Gasteiger partial charge in [0.05, 0.1) is 5.84 Å². The van der Waals surface area contributed by atoms with Gasteiger partial charge in [-0.25, -0.2) is 0 Å². The van der Waals surface area contributed by atoms with Crippen LogP contribution in [-0.4, -0.2) is 5.84 Å². The Hall–Kier alpha value is -0.530. The number of nitrogens with two attached hydrogens (primary N) is 1. The molecule has 2 atom stereocenters. The molecule has 0 aromatic carbocycles. The smallest absolute Gasteiger partial charge is 0.0969 e. The average Bonchev–Trinajstić information content (AvgIpc) is 1.95. The van der Waals surface area contributed by atoms with Crippen LogP contribution in [-0.2, 0) is 0 Å². The zero-order chi connectivity index (χ0) is 10.9. The third-order valence-corrected chi connectivity index (χ3v) is 5.20. The lowest BCUT2D eigenvalue weighted by atomic mass is 9.40. The Morgan fingerprint density at radius 2 is 1.60 bits per heavy atom. The summed E-state index contributed by atoms with van der Waals surface area (Å²) in [5.41, 5.74) is 6.95. The van der Waals surface area contributed by atoms with Crippen molar-refractivity contribution in [2.24, 2.45) is 27.9 Å². The molecule has 0 saturated heterocycles. The van der Waals surface area contributed by atoms with E-state index in [9.17, 15) is 0 Å². The number of hydrogen-bond donors (Lipinski definition) is 2. The number of hydrogen-bond acceptors (Lipinski definition) is 1. The van der Waals surface area contributed by atoms with E-state index in [-0.39, 0.29) is 5.41 Å². The molecule has 84 valence electrons. The van der Waals surface area contributed by atoms with Gasteiger partial charge >= 0.3 is 0 Å². The summed E-state index contributed by atoms with van der Waals surface area (Å²) >= 11 is 0. The molecule has 4 saturated carbocycles. The van der Waals surface area contributed by atoms with Gasteiger partial charge in [-0.15, -0.1) is 0 Å². The van der Waals surface area contributed by atoms with Gasteiger partial charge < -0.3 is 5.73 Å². The van der Waals surface area contributed by atoms with Crippen molar-refractivity contribution in [2.75, 3.05) is 0 Å². The molecule has 0 radical (unpaired) electrons. The molecule has 4 fully saturated rings. The van der Waals surface area contributed by atoms with E-state index in [4.69, 9.17) is 11.1 Å². The number of rotatable bonds is 1. The molecule has 2 unspecified atom stereocenters. The Balaban J connectivity index is 2.05. The van der Waals surface area contributed by atoms with E-state index in [0.717, 1.165) is 5.92 Å². The molecule has 0 aromatic heterocycles. The van der Waals surface area contributed by atoms with Crippen LogP contribution in [0.5, 0.6) is 0 Å². The third kappa shape index (κ3) is 1.20. The largest absolute Gasteiger partial charge is 0.387 e. The van der Waals surface area contributed by atoms with E-state index in [0.29, 0.717) is 16.7 Å². The second-order valence-electron chi connectivity index (χ2n) is 7.32. The molecule has 4 aliphatic rings. The summed E-state index contributed by atoms with van der Waals surface area (Å²) in [6, 6.07) is 0. The van der Waals surface area contributed by atoms with Crippen LogP contribution < -0.4 is 5.73 Å². The zero-order valence-corrected chi connectivity index (χ0v) is 9.90. The van der Waals surface area contributed by atoms with E-state index in [1.165, 1.54) is 38.5 Å². The van der Waals surface area contributed by atoms with E-state index in [1.54, 1.807) is 0 Å². The summed E-state index contributed by atoms with van der Waals surface area (Å²) in [7, 11) is 0. The highest BCUT2D eigenvalue weighted by atomic mass is 14.8. The first-order valence-electron chi connectivity index (χ1n) is 6.20. The van der Waals surface area contributed by atoms with Crippen molar-refractivity contribution in [1.82, 2.24) is 0 Å². The van der Waals surface area contributed by atoms with Crippen molar-refractivity contribution >= 4 is 5.84 Å². The third-order valence-electron chi connectivity index (χ3n) is 5.20. The highest BCUT2D eigenvalue weighted by Gasteiger charge is 2.61. The molecule has 0 amide bonds. The van der Waals surface area contributed by atoms with Crippen LogP contribution in [0.15, 0.2) is 0 Å². The van der Waals surface area contributed by atoms with Crippen LogP contribution in [0.25, 0.3) is 0 Å². The highest BCUT2D eigenvalue weighted by Crippen LogP contribution is 2.69. The molecule has 4 bridgehead atoms. The molecule has 4 rings (SSSR count). The van der Waals surface area contributed by atoms with Gasteiger partial charge in [0, 0.05) is 5.41 Å². The van der Waals surface area contributed by atoms with Gasteiger partial charge in [-0.3, -0.25) is 5.41 Å². The van der Waals surface area contributed by atoms with Crippen molar-refractivity contribution in [3.63, 3.8) is 0 Å². The maximum Gasteiger partial charge on any atom is 0.0969 e. The fraction of sp³-hybridized carbons (Fsp3) is 0.923. The molecule has 3 N–H and O–H groups in total. The number of amidine groups is 1. The minimum absolute atomic E-state index is 0.0862. The normalized spacial score (nSPS) is 57.1. The molecule has 0 heterocycles. The van der Waals surface area contributed by atoms with Gasteiger partial charge in [-0.2, -0.15) is 0 Å². The summed E-state index contributed by atoms with van der Waals surface area (Å²) in [5.74, 6) is 1.32. The van der Waals surface area contributed by atoms with Gasteiger partial charge in [0.25, 0.3) is 0 Å². The molecule has 15 heavy (non-hydrogen) atoms. The second kappa shape index (κ2) is 2.41. The zero-order valence-electron chi connectivity index (χ0n) is 9.90. The summed E-state index contributed by atoms with van der Waals surface area (Å²) < 4.78 is 0. The Bertz CT molecular complexity index is 315. The second-order valence-corrected chi connectivity index (χ2v) is 7.32. The first-order valence-corrected chi connectivity index (χ1v) is 6.20. The van der Waals surface area contributed by atoms with E-state index < -0.39 is 0 Å². The Labute approximate surface area is 92.1 Å². The van der Waals surface area contributed by atoms with E-state index >= 15 is 0 Å². The molecule has 2 heteroatoms. The summed E-state index contributed by atoms with van der Waals surface area (Å²) in [6.07, 6.45) is 7.71. The Morgan fingerprint density at radius 1 is 1.07 bits per heavy atom. The molecule has 4 aliphatic carbocycles. The Kier molecular flexibility index (Phi) is 1.56. The Morgan fingerprint density at radius 3 is 2.00 bits per heavy atom. The predicted molar refractivity (Wildman–Crippen MR) is 61.8 cm³/mol. The molecule has 0 aromatic rings. The van der Waals surface area contributed by atoms with Gasteiger partial charge in [0.15, 0.2) is 0 Å². The van der Waals surface area contributed by atoms with Crippen LogP contribution >= 0.6 is 0 Å². The maximum atomic E-state index is 7.92. The van der Waals surface area contributed by atoms with Crippen molar-refractivity contribution in [3.05, 3.63) is 0 Å². The molecule has 2 nitrogen and oxygen atoms in total. The van der Waals surface area contributed by atoms with Crippen molar-refractivity contribution in [1.29, 1.82) is 5.41 Å². The van der Waals surface area contributed by atoms with Gasteiger partial charge in [-0.1, -0.05) is 13.8 Å². The van der Waals surface area contributed by atoms with Crippen LogP contribution in [0, 0.1) is 27.6 Å². The molecule has 0 aliphatic heterocycles. The fourth-order valence-corrected chi connectivity index (χ4v) is 5.75. The van der Waals surface area contributed by atoms with Gasteiger partial charge in [0.1, 0.15) is 0 Å². The molecule has 0 spiro atoms. The average molecular weight is 206 g/mol. The highest BCUT2D eigenvalue weighted by molar-refractivity contribution is 5.84. The first kappa shape index (κ1) is 9.68. The monoisotopic (exact) mass is 206 g/mol. The summed E-state index contributed by atoms with van der Waals surface area (Å²) in [6.45, 7) is 4.85. The molecular formula is C13H22N2. The van der Waals surface area contributed by atoms with Crippen molar-refractivity contribution in [3.8, 4) is 0 Å². The lowest BCUT2D eigenvalue weighted by molar-refractivity contribution is -0.116. The van der Waals surface area contributed by atoms with E-state index in [2.05, 4.69) is 13.8 Å². The molecular weight excluding hydrogens is 184 g/mol. The van der Waals surface area contributed by atoms with E-state index in [1.807, 2.05) is 0 Å². The van der Waals surface area contributed by atoms with Crippen LogP contribution in [0.1, 0.15) is 52.4 Å². The lowest BCUT2D eigenvalue weighted by Gasteiger charge is -2.65. The standard InChI is InChI=1S/C13H22N2/c1-11-3-9-4-12(2,6-11)8-13(5-9,7-11)10(14)15/h9H,3-8H2,1-2H3,(H3,14,15). The van der Waals surface area contributed by atoms with Crippen LogP contribution in [0.4, 0.5) is 0 Å². The lowest BCUT2D eigenvalue weighted by Crippen LogP contribution is -2.58. The van der Waals surface area contributed by atoms with Crippen molar-refractivity contribution < 1.29 is 0 Å². The predicted octanol–water partition coefficient (Wildman–Crippen LogP) is 2.92. The maximum absolute atomic E-state index is 7.92. The SMILES string of the molecule is CC12CC3CC(C)(C1)CC(C(=N)N)(C3)C2. The van der Waals surface area contributed by atoms with Crippen molar-refractivity contribution in [2.45, 2.75) is 52.4 Å². The summed E-state index contributed by atoms with van der Waals surface area (Å²) in [4.78, 5) is 0. The van der Waals surface area contributed by atoms with Gasteiger partial charge in [-0.05, 0) is 55.3 Å². The fourth-order valence-electron chi connectivity index (χ4n) is 5.75. The summed E-state index contributed by atoms with van der Waals surface area (Å²) in [5, 5.41) is 7.92. The minimum Gasteiger partial charge on any atom is -0.387 e. The number of nitrogens with one attached hydrogen (secondary N) is 1. The topological polar surface area (TPSA) is 49.9 Å². The minimum atomic E-state index is 0.0862. The van der Waals surface area contributed by atoms with Crippen LogP contribution in [0.3, 0.4) is 0 Å².